The van der Waals surface area contributed by atoms with E-state index in [9.17, 15) is 45.6 Å². The van der Waals surface area contributed by atoms with E-state index in [1.165, 1.54) is 13.2 Å². The van der Waals surface area contributed by atoms with E-state index in [2.05, 4.69) is 0 Å². The van der Waals surface area contributed by atoms with Crippen LogP contribution >= 0.6 is 0 Å². The first-order chi connectivity index (χ1) is 16.6. The second-order valence-corrected chi connectivity index (χ2v) is 7.76. The Morgan fingerprint density at radius 2 is 1.66 bits per heavy atom. The van der Waals surface area contributed by atoms with E-state index < -0.39 is 88.2 Å². The number of rotatable bonds is 5. The number of aliphatic hydroxyl groups is 4. The van der Waals surface area contributed by atoms with Crippen molar-refractivity contribution in [1.29, 1.82) is 0 Å². The largest absolute Gasteiger partial charge is 0.507 e. The molecule has 35 heavy (non-hydrogen) atoms. The molecule has 13 heteroatoms. The van der Waals surface area contributed by atoms with Crippen LogP contribution in [0.25, 0.3) is 22.3 Å². The van der Waals surface area contributed by atoms with Crippen molar-refractivity contribution in [1.82, 2.24) is 0 Å². The van der Waals surface area contributed by atoms with Gasteiger partial charge in [-0.15, -0.1) is 0 Å². The molecule has 0 amide bonds. The lowest BCUT2D eigenvalue weighted by Gasteiger charge is -2.39. The van der Waals surface area contributed by atoms with Crippen molar-refractivity contribution in [3.63, 3.8) is 0 Å². The van der Waals surface area contributed by atoms with Crippen LogP contribution in [0.4, 0.5) is 0 Å². The molecule has 1 aliphatic rings. The van der Waals surface area contributed by atoms with Crippen LogP contribution in [0.2, 0.25) is 0 Å². The molecule has 1 saturated heterocycles. The molecule has 188 valence electrons. The molecule has 8 N–H and O–H groups in total. The van der Waals surface area contributed by atoms with E-state index in [0.29, 0.717) is 0 Å². The van der Waals surface area contributed by atoms with Crippen molar-refractivity contribution in [2.75, 3.05) is 13.7 Å². The van der Waals surface area contributed by atoms with Crippen LogP contribution in [0.1, 0.15) is 0 Å². The first-order valence-electron chi connectivity index (χ1n) is 10.2. The maximum absolute atomic E-state index is 13.4. The highest BCUT2D eigenvalue weighted by atomic mass is 16.7. The summed E-state index contributed by atoms with van der Waals surface area (Å²) in [5, 5.41) is 79.8. The number of benzene rings is 2. The number of aliphatic hydroxyl groups excluding tert-OH is 4. The van der Waals surface area contributed by atoms with Crippen LogP contribution in [0.5, 0.6) is 34.5 Å². The van der Waals surface area contributed by atoms with E-state index in [1.54, 1.807) is 0 Å². The molecular weight excluding hydrogens is 472 g/mol. The summed E-state index contributed by atoms with van der Waals surface area (Å²) < 4.78 is 21.5. The lowest BCUT2D eigenvalue weighted by molar-refractivity contribution is -0.277. The highest BCUT2D eigenvalue weighted by Gasteiger charge is 2.45. The maximum atomic E-state index is 13.4. The van der Waals surface area contributed by atoms with Gasteiger partial charge in [0.1, 0.15) is 35.6 Å². The Balaban J connectivity index is 1.96. The number of hydrogen-bond donors (Lipinski definition) is 8. The molecule has 0 aliphatic carbocycles. The van der Waals surface area contributed by atoms with Crippen LogP contribution < -0.4 is 14.9 Å². The van der Waals surface area contributed by atoms with Crippen molar-refractivity contribution >= 4 is 11.0 Å². The SMILES string of the molecule is COc1cc(O)c2c(=O)c(O[C@H]3O[C@@H](CO)[C@@H](O)[C@@H](O)[C@H]3O)c(-c3ccc(O)c(O)c3)oc2c1O. The average molecular weight is 494 g/mol. The second kappa shape index (κ2) is 9.13. The third kappa shape index (κ3) is 4.05. The molecule has 3 aromatic rings. The van der Waals surface area contributed by atoms with Crippen LogP contribution in [-0.4, -0.2) is 85.3 Å². The average Bonchev–Trinajstić information content (AvgIpc) is 2.84. The van der Waals surface area contributed by atoms with E-state index >= 15 is 0 Å². The number of methoxy groups -OCH3 is 1. The molecule has 1 fully saturated rings. The summed E-state index contributed by atoms with van der Waals surface area (Å²) in [5.74, 6) is -3.72. The van der Waals surface area contributed by atoms with Gasteiger partial charge in [0, 0.05) is 11.6 Å². The first kappa shape index (κ1) is 24.4. The van der Waals surface area contributed by atoms with Crippen LogP contribution in [0.15, 0.2) is 33.5 Å². The van der Waals surface area contributed by atoms with E-state index in [-0.39, 0.29) is 11.3 Å². The number of fused-ring (bicyclic) bond motifs is 1. The predicted molar refractivity (Wildman–Crippen MR) is 116 cm³/mol. The van der Waals surface area contributed by atoms with Crippen molar-refractivity contribution in [3.8, 4) is 45.8 Å². The molecule has 1 aromatic heterocycles. The van der Waals surface area contributed by atoms with Gasteiger partial charge in [-0.05, 0) is 18.2 Å². The summed E-state index contributed by atoms with van der Waals surface area (Å²) in [7, 11) is 1.20. The fourth-order valence-electron chi connectivity index (χ4n) is 3.69. The molecule has 2 heterocycles. The zero-order valence-corrected chi connectivity index (χ0v) is 18.0. The zero-order valence-electron chi connectivity index (χ0n) is 18.0. The molecule has 0 spiro atoms. The normalized spacial score (nSPS) is 24.4. The molecular formula is C22H22O13. The molecule has 2 aromatic carbocycles. The Morgan fingerprint density at radius 3 is 2.29 bits per heavy atom. The minimum absolute atomic E-state index is 0.0411. The van der Waals surface area contributed by atoms with Gasteiger partial charge in [-0.3, -0.25) is 4.79 Å². The van der Waals surface area contributed by atoms with Crippen molar-refractivity contribution in [2.24, 2.45) is 0 Å². The Morgan fingerprint density at radius 1 is 0.943 bits per heavy atom. The third-order valence-electron chi connectivity index (χ3n) is 5.58. The summed E-state index contributed by atoms with van der Waals surface area (Å²) in [6.45, 7) is -0.760. The van der Waals surface area contributed by atoms with Crippen molar-refractivity contribution in [3.05, 3.63) is 34.5 Å². The summed E-state index contributed by atoms with van der Waals surface area (Å²) in [6, 6.07) is 4.28. The standard InChI is InChI=1S/C22H22O13/c1-32-11-5-10(26)13-16(29)21(35-22-18(31)17(30)14(27)12(6-23)33-22)19(34-20(13)15(11)28)7-2-3-8(24)9(25)4-7/h2-5,12,14,17-18,22-28,30-31H,6H2,1H3/t12-,14+,17+,18+,22+/m0/s1. The molecule has 0 unspecified atom stereocenters. The predicted octanol–water partition coefficient (Wildman–Crippen LogP) is -0.530. The Bertz CT molecular complexity index is 1320. The number of hydrogen-bond acceptors (Lipinski definition) is 13. The van der Waals surface area contributed by atoms with Gasteiger partial charge in [-0.25, -0.2) is 0 Å². The monoisotopic (exact) mass is 494 g/mol. The molecule has 4 rings (SSSR count). The second-order valence-electron chi connectivity index (χ2n) is 7.76. The number of phenolic OH excluding ortho intramolecular Hbond substituents is 4. The molecule has 5 atom stereocenters. The summed E-state index contributed by atoms with van der Waals surface area (Å²) in [4.78, 5) is 13.4. The van der Waals surface area contributed by atoms with Gasteiger partial charge in [-0.2, -0.15) is 0 Å². The number of ether oxygens (including phenoxy) is 3. The Labute approximate surface area is 195 Å². The molecule has 1 aliphatic heterocycles. The van der Waals surface area contributed by atoms with Gasteiger partial charge in [0.05, 0.1) is 13.7 Å². The fraction of sp³-hybridized carbons (Fsp3) is 0.318. The lowest BCUT2D eigenvalue weighted by Crippen LogP contribution is -2.60. The van der Waals surface area contributed by atoms with Crippen molar-refractivity contribution < 1.29 is 59.5 Å². The maximum Gasteiger partial charge on any atom is 0.239 e. The Hall–Kier alpha value is -3.75. The van der Waals surface area contributed by atoms with E-state index in [1.807, 2.05) is 0 Å². The fourth-order valence-corrected chi connectivity index (χ4v) is 3.69. The van der Waals surface area contributed by atoms with Gasteiger partial charge in [0.15, 0.2) is 28.6 Å². The van der Waals surface area contributed by atoms with Gasteiger partial charge < -0.3 is 59.5 Å². The number of phenols is 4. The highest BCUT2D eigenvalue weighted by Crippen LogP contribution is 2.44. The number of aromatic hydroxyl groups is 4. The summed E-state index contributed by atoms with van der Waals surface area (Å²) >= 11 is 0. The molecule has 0 radical (unpaired) electrons. The van der Waals surface area contributed by atoms with Gasteiger partial charge in [-0.1, -0.05) is 0 Å². The Kier molecular flexibility index (Phi) is 6.36. The minimum Gasteiger partial charge on any atom is -0.507 e. The molecule has 0 saturated carbocycles. The van der Waals surface area contributed by atoms with Gasteiger partial charge >= 0.3 is 0 Å². The molecule has 13 nitrogen and oxygen atoms in total. The summed E-state index contributed by atoms with van der Waals surface area (Å²) in [5.41, 5.74) is -1.60. The smallest absolute Gasteiger partial charge is 0.239 e. The summed E-state index contributed by atoms with van der Waals surface area (Å²) in [6.07, 6.45) is -8.55. The van der Waals surface area contributed by atoms with E-state index in [4.69, 9.17) is 18.6 Å². The van der Waals surface area contributed by atoms with Crippen LogP contribution in [0, 0.1) is 0 Å². The van der Waals surface area contributed by atoms with Crippen molar-refractivity contribution in [2.45, 2.75) is 30.7 Å². The molecule has 0 bridgehead atoms. The van der Waals surface area contributed by atoms with E-state index in [0.717, 1.165) is 18.2 Å². The zero-order chi connectivity index (χ0) is 25.6. The van der Waals surface area contributed by atoms with Gasteiger partial charge in [0.2, 0.25) is 23.2 Å². The van der Waals surface area contributed by atoms with Crippen LogP contribution in [0.3, 0.4) is 0 Å². The quantitative estimate of drug-likeness (QED) is 0.165. The van der Waals surface area contributed by atoms with Crippen LogP contribution in [-0.2, 0) is 4.74 Å². The third-order valence-corrected chi connectivity index (χ3v) is 5.58. The first-order valence-corrected chi connectivity index (χ1v) is 10.2. The van der Waals surface area contributed by atoms with Gasteiger partial charge in [0.25, 0.3) is 0 Å². The minimum atomic E-state index is -1.89. The highest BCUT2D eigenvalue weighted by molar-refractivity contribution is 5.93. The lowest BCUT2D eigenvalue weighted by atomic mass is 9.99. The topological polar surface area (TPSA) is 220 Å².